The van der Waals surface area contributed by atoms with Crippen LogP contribution in [0, 0.1) is 0 Å². The Morgan fingerprint density at radius 1 is 1.59 bits per heavy atom. The molecule has 0 aliphatic rings. The molecule has 0 aliphatic carbocycles. The predicted molar refractivity (Wildman–Crippen MR) is 57.9 cm³/mol. The molecule has 0 unspecified atom stereocenters. The lowest BCUT2D eigenvalue weighted by Crippen LogP contribution is -2.22. The highest BCUT2D eigenvalue weighted by Gasteiger charge is 2.16. The fraction of sp³-hybridized carbons (Fsp3) is 0.200. The zero-order valence-corrected chi connectivity index (χ0v) is 9.08. The molecule has 0 aliphatic heterocycles. The maximum Gasteiger partial charge on any atom is 0.345 e. The van der Waals surface area contributed by atoms with Crippen LogP contribution in [-0.2, 0) is 4.74 Å². The number of carbonyl (C=O) groups excluding carboxylic acids is 1. The minimum Gasteiger partial charge on any atom is -0.462 e. The molecule has 7 heteroatoms. The first-order chi connectivity index (χ1) is 8.24. The molecule has 0 aromatic carbocycles. The van der Waals surface area contributed by atoms with Gasteiger partial charge >= 0.3 is 5.97 Å². The summed E-state index contributed by atoms with van der Waals surface area (Å²) in [6, 6.07) is 3.24. The van der Waals surface area contributed by atoms with E-state index in [2.05, 4.69) is 15.3 Å². The van der Waals surface area contributed by atoms with Crippen LogP contribution in [0.2, 0.25) is 0 Å². The van der Waals surface area contributed by atoms with Crippen molar-refractivity contribution in [3.63, 3.8) is 0 Å². The monoisotopic (exact) mass is 234 g/mol. The SMILES string of the molecule is CCOC(=O)c1c[nH]n(-c2cccnn2)c1=O. The van der Waals surface area contributed by atoms with Crippen molar-refractivity contribution in [3.8, 4) is 5.82 Å². The van der Waals surface area contributed by atoms with Crippen LogP contribution in [0.15, 0.2) is 29.3 Å². The number of H-pyrrole nitrogens is 1. The van der Waals surface area contributed by atoms with Crippen molar-refractivity contribution < 1.29 is 9.53 Å². The molecule has 2 aromatic rings. The molecule has 2 heterocycles. The summed E-state index contributed by atoms with van der Waals surface area (Å²) in [7, 11) is 0. The van der Waals surface area contributed by atoms with Crippen LogP contribution < -0.4 is 5.56 Å². The lowest BCUT2D eigenvalue weighted by Gasteiger charge is -1.97. The Morgan fingerprint density at radius 2 is 2.41 bits per heavy atom. The van der Waals surface area contributed by atoms with Gasteiger partial charge in [0, 0.05) is 12.4 Å². The molecule has 0 fully saturated rings. The molecule has 88 valence electrons. The van der Waals surface area contributed by atoms with Crippen molar-refractivity contribution in [2.24, 2.45) is 0 Å². The van der Waals surface area contributed by atoms with E-state index >= 15 is 0 Å². The molecule has 0 atom stereocenters. The van der Waals surface area contributed by atoms with Crippen LogP contribution in [0.3, 0.4) is 0 Å². The Kier molecular flexibility index (Phi) is 2.99. The molecule has 0 saturated heterocycles. The van der Waals surface area contributed by atoms with Crippen LogP contribution in [0.5, 0.6) is 0 Å². The number of aromatic amines is 1. The summed E-state index contributed by atoms with van der Waals surface area (Å²) in [4.78, 5) is 23.3. The third kappa shape index (κ3) is 2.07. The van der Waals surface area contributed by atoms with Gasteiger partial charge in [-0.1, -0.05) is 0 Å². The maximum atomic E-state index is 11.8. The first-order valence-corrected chi connectivity index (χ1v) is 4.99. The van der Waals surface area contributed by atoms with Gasteiger partial charge in [0.25, 0.3) is 5.56 Å². The Morgan fingerprint density at radius 3 is 3.06 bits per heavy atom. The number of nitrogens with zero attached hydrogens (tertiary/aromatic N) is 3. The van der Waals surface area contributed by atoms with Crippen molar-refractivity contribution in [2.75, 3.05) is 6.61 Å². The number of esters is 1. The number of carbonyl (C=O) groups is 1. The quantitative estimate of drug-likeness (QED) is 0.762. The highest BCUT2D eigenvalue weighted by atomic mass is 16.5. The number of nitrogens with one attached hydrogen (secondary N) is 1. The number of ether oxygens (including phenoxy) is 1. The van der Waals surface area contributed by atoms with Crippen molar-refractivity contribution >= 4 is 5.97 Å². The van der Waals surface area contributed by atoms with Crippen molar-refractivity contribution in [1.82, 2.24) is 20.0 Å². The van der Waals surface area contributed by atoms with Gasteiger partial charge in [0.2, 0.25) is 0 Å². The van der Waals surface area contributed by atoms with E-state index in [0.717, 1.165) is 4.68 Å². The molecule has 0 amide bonds. The lowest BCUT2D eigenvalue weighted by atomic mass is 10.3. The maximum absolute atomic E-state index is 11.8. The number of aromatic nitrogens is 4. The van der Waals surface area contributed by atoms with Crippen LogP contribution >= 0.6 is 0 Å². The summed E-state index contributed by atoms with van der Waals surface area (Å²) in [5.41, 5.74) is -0.568. The third-order valence-corrected chi connectivity index (χ3v) is 2.05. The average Bonchev–Trinajstić information content (AvgIpc) is 2.72. The Labute approximate surface area is 96.0 Å². The molecule has 17 heavy (non-hydrogen) atoms. The average molecular weight is 234 g/mol. The standard InChI is InChI=1S/C10H10N4O3/c1-2-17-10(16)7-6-12-14(9(7)15)8-4-3-5-11-13-8/h3-6,12H,2H2,1H3. The van der Waals surface area contributed by atoms with Gasteiger partial charge in [-0.2, -0.15) is 9.78 Å². The van der Waals surface area contributed by atoms with Gasteiger partial charge < -0.3 is 4.74 Å². The van der Waals surface area contributed by atoms with Crippen molar-refractivity contribution in [2.45, 2.75) is 6.92 Å². The third-order valence-electron chi connectivity index (χ3n) is 2.05. The fourth-order valence-corrected chi connectivity index (χ4v) is 1.31. The lowest BCUT2D eigenvalue weighted by molar-refractivity contribution is 0.0525. The normalized spacial score (nSPS) is 10.2. The second-order valence-electron chi connectivity index (χ2n) is 3.13. The van der Waals surface area contributed by atoms with Gasteiger partial charge in [-0.15, -0.1) is 5.10 Å². The summed E-state index contributed by atoms with van der Waals surface area (Å²) in [6.45, 7) is 1.89. The minimum atomic E-state index is -0.656. The fourth-order valence-electron chi connectivity index (χ4n) is 1.31. The second kappa shape index (κ2) is 4.60. The van der Waals surface area contributed by atoms with Crippen LogP contribution in [-0.4, -0.2) is 32.6 Å². The molecular formula is C10H10N4O3. The Hall–Kier alpha value is -2.44. The first-order valence-electron chi connectivity index (χ1n) is 4.99. The summed E-state index contributed by atoms with van der Waals surface area (Å²) in [5, 5.41) is 10.0. The molecule has 0 saturated carbocycles. The Balaban J connectivity index is 2.40. The van der Waals surface area contributed by atoms with E-state index in [4.69, 9.17) is 4.74 Å². The summed E-state index contributed by atoms with van der Waals surface area (Å²) < 4.78 is 5.87. The van der Waals surface area contributed by atoms with Gasteiger partial charge in [0.1, 0.15) is 5.56 Å². The molecule has 7 nitrogen and oxygen atoms in total. The molecule has 2 aromatic heterocycles. The number of hydrogen-bond acceptors (Lipinski definition) is 5. The summed E-state index contributed by atoms with van der Waals surface area (Å²) in [6.07, 6.45) is 2.78. The van der Waals surface area contributed by atoms with E-state index in [0.29, 0.717) is 5.82 Å². The van der Waals surface area contributed by atoms with Crippen LogP contribution in [0.4, 0.5) is 0 Å². The molecule has 0 radical (unpaired) electrons. The summed E-state index contributed by atoms with van der Waals surface area (Å²) >= 11 is 0. The molecule has 1 N–H and O–H groups in total. The van der Waals surface area contributed by atoms with Crippen molar-refractivity contribution in [3.05, 3.63) is 40.4 Å². The highest BCUT2D eigenvalue weighted by molar-refractivity contribution is 5.88. The summed E-state index contributed by atoms with van der Waals surface area (Å²) in [5.74, 6) is -0.343. The second-order valence-corrected chi connectivity index (χ2v) is 3.13. The van der Waals surface area contributed by atoms with Gasteiger partial charge in [-0.25, -0.2) is 4.79 Å². The molecule has 0 spiro atoms. The highest BCUT2D eigenvalue weighted by Crippen LogP contribution is 1.99. The zero-order chi connectivity index (χ0) is 12.3. The number of hydrogen-bond donors (Lipinski definition) is 1. The van der Waals surface area contributed by atoms with Gasteiger partial charge in [0.15, 0.2) is 5.82 Å². The topological polar surface area (TPSA) is 89.9 Å². The van der Waals surface area contributed by atoms with Crippen LogP contribution in [0.25, 0.3) is 5.82 Å². The van der Waals surface area contributed by atoms with E-state index < -0.39 is 11.5 Å². The number of rotatable bonds is 3. The van der Waals surface area contributed by atoms with E-state index in [-0.39, 0.29) is 12.2 Å². The van der Waals surface area contributed by atoms with E-state index in [1.165, 1.54) is 12.4 Å². The predicted octanol–water partition coefficient (Wildman–Crippen LogP) is 0.132. The van der Waals surface area contributed by atoms with E-state index in [9.17, 15) is 9.59 Å². The van der Waals surface area contributed by atoms with E-state index in [1.807, 2.05) is 0 Å². The van der Waals surface area contributed by atoms with E-state index in [1.54, 1.807) is 19.1 Å². The molecule has 0 bridgehead atoms. The molecule has 2 rings (SSSR count). The largest absolute Gasteiger partial charge is 0.462 e. The minimum absolute atomic E-state index is 0.0579. The smallest absolute Gasteiger partial charge is 0.345 e. The van der Waals surface area contributed by atoms with Crippen molar-refractivity contribution in [1.29, 1.82) is 0 Å². The van der Waals surface area contributed by atoms with Gasteiger partial charge in [-0.05, 0) is 19.1 Å². The zero-order valence-electron chi connectivity index (χ0n) is 9.08. The molecular weight excluding hydrogens is 224 g/mol. The van der Waals surface area contributed by atoms with Gasteiger partial charge in [-0.3, -0.25) is 9.89 Å². The van der Waals surface area contributed by atoms with Gasteiger partial charge in [0.05, 0.1) is 6.61 Å². The van der Waals surface area contributed by atoms with Crippen LogP contribution in [0.1, 0.15) is 17.3 Å². The first kappa shape index (κ1) is 11.1. The Bertz CT molecular complexity index is 573.